The topological polar surface area (TPSA) is 77.4 Å². The van der Waals surface area contributed by atoms with Gasteiger partial charge in [-0.25, -0.2) is 0 Å². The van der Waals surface area contributed by atoms with Gasteiger partial charge in [0.25, 0.3) is 5.91 Å². The minimum atomic E-state index is -0.392. The summed E-state index contributed by atoms with van der Waals surface area (Å²) in [6.45, 7) is 18.1. The first-order chi connectivity index (χ1) is 19.4. The number of carbonyl (C=O) groups excluding carboxylic acids is 1. The van der Waals surface area contributed by atoms with Gasteiger partial charge in [0.05, 0.1) is 13.2 Å². The van der Waals surface area contributed by atoms with Crippen molar-refractivity contribution in [2.24, 2.45) is 5.41 Å². The van der Waals surface area contributed by atoms with Crippen molar-refractivity contribution in [1.82, 2.24) is 10.2 Å². The monoisotopic (exact) mass is 572 g/mol. The summed E-state index contributed by atoms with van der Waals surface area (Å²) < 4.78 is 5.43. The van der Waals surface area contributed by atoms with Gasteiger partial charge in [-0.1, -0.05) is 39.0 Å². The van der Waals surface area contributed by atoms with Gasteiger partial charge in [-0.2, -0.15) is 5.26 Å². The van der Waals surface area contributed by atoms with E-state index in [1.165, 1.54) is 10.8 Å². The lowest BCUT2D eigenvalue weighted by Gasteiger charge is -2.30. The number of thiophene rings is 1. The number of carbonyl (C=O) groups is 1. The van der Waals surface area contributed by atoms with Crippen LogP contribution < -0.4 is 10.6 Å². The van der Waals surface area contributed by atoms with Crippen molar-refractivity contribution in [2.45, 2.75) is 59.9 Å². The number of amides is 1. The highest BCUT2D eigenvalue weighted by Crippen LogP contribution is 2.35. The Morgan fingerprint density at radius 2 is 1.71 bits per heavy atom. The van der Waals surface area contributed by atoms with Gasteiger partial charge in [-0.3, -0.25) is 9.69 Å². The van der Waals surface area contributed by atoms with E-state index >= 15 is 0 Å². The molecule has 4 rings (SSSR count). The Kier molecular flexibility index (Phi) is 9.91. The van der Waals surface area contributed by atoms with Gasteiger partial charge in [0.2, 0.25) is 0 Å². The number of benzene rings is 2. The van der Waals surface area contributed by atoms with Crippen LogP contribution in [0, 0.1) is 16.7 Å². The zero-order valence-electron chi connectivity index (χ0n) is 25.4. The molecule has 1 aliphatic heterocycles. The van der Waals surface area contributed by atoms with Gasteiger partial charge >= 0.3 is 0 Å². The third kappa shape index (κ3) is 8.65. The molecule has 41 heavy (non-hydrogen) atoms. The molecule has 2 heterocycles. The Bertz CT molecular complexity index is 1430. The zero-order chi connectivity index (χ0) is 29.6. The number of hydrogen-bond acceptors (Lipinski definition) is 6. The number of nitrogens with zero attached hydrogens (tertiary/aromatic N) is 2. The van der Waals surface area contributed by atoms with Gasteiger partial charge < -0.3 is 15.4 Å². The number of rotatable bonds is 10. The summed E-state index contributed by atoms with van der Waals surface area (Å²) in [7, 11) is 0. The molecule has 0 spiro atoms. The lowest BCUT2D eigenvalue weighted by atomic mass is 9.84. The van der Waals surface area contributed by atoms with Crippen LogP contribution in [0.1, 0.15) is 59.3 Å². The van der Waals surface area contributed by atoms with Crippen molar-refractivity contribution in [3.63, 3.8) is 0 Å². The molecule has 2 aromatic carbocycles. The first kappa shape index (κ1) is 30.8. The van der Waals surface area contributed by atoms with E-state index in [9.17, 15) is 10.1 Å². The number of ether oxygens (including phenoxy) is 1. The summed E-state index contributed by atoms with van der Waals surface area (Å²) in [5.41, 5.74) is 2.93. The Balaban J connectivity index is 1.43. The standard InChI is InChI=1S/C34H44N4O2S/c1-24(29(23-35)32(39)37-34(5,6)14-13-33(2,3)4)30-11-12-31(41-30)27-8-7-26-22-28(10-9-25(26)21-27)36-15-16-38-17-19-40-20-18-38/h7-12,21-22,36H,13-20H2,1-6H3,(H,37,39)/b29-24+. The third-order valence-corrected chi connectivity index (χ3v) is 8.88. The molecular weight excluding hydrogens is 528 g/mol. The number of morpholine rings is 1. The first-order valence-electron chi connectivity index (χ1n) is 14.6. The fourth-order valence-electron chi connectivity index (χ4n) is 4.93. The van der Waals surface area contributed by atoms with E-state index in [2.05, 4.69) is 84.8 Å². The van der Waals surface area contributed by atoms with Crippen LogP contribution in [0.2, 0.25) is 0 Å². The second kappa shape index (κ2) is 13.2. The maximum Gasteiger partial charge on any atom is 0.262 e. The van der Waals surface area contributed by atoms with Crippen molar-refractivity contribution < 1.29 is 9.53 Å². The van der Waals surface area contributed by atoms with Gasteiger partial charge in [0.1, 0.15) is 11.6 Å². The van der Waals surface area contributed by atoms with E-state index in [1.807, 2.05) is 26.8 Å². The van der Waals surface area contributed by atoms with E-state index in [0.29, 0.717) is 5.57 Å². The van der Waals surface area contributed by atoms with Gasteiger partial charge in [0, 0.05) is 47.2 Å². The molecule has 0 bridgehead atoms. The third-order valence-electron chi connectivity index (χ3n) is 7.63. The molecule has 0 aliphatic carbocycles. The molecule has 1 aliphatic rings. The molecular formula is C34H44N4O2S. The average molecular weight is 573 g/mol. The zero-order valence-corrected chi connectivity index (χ0v) is 26.2. The minimum Gasteiger partial charge on any atom is -0.384 e. The molecule has 7 heteroatoms. The number of fused-ring (bicyclic) bond motifs is 1. The highest BCUT2D eigenvalue weighted by atomic mass is 32.1. The van der Waals surface area contributed by atoms with Gasteiger partial charge in [-0.15, -0.1) is 11.3 Å². The Morgan fingerprint density at radius 1 is 1.00 bits per heavy atom. The van der Waals surface area contributed by atoms with Crippen LogP contribution in [0.25, 0.3) is 26.8 Å². The van der Waals surface area contributed by atoms with E-state index in [0.717, 1.165) is 73.2 Å². The number of nitriles is 1. The number of anilines is 1. The van der Waals surface area contributed by atoms with Gasteiger partial charge in [-0.05, 0) is 91.3 Å². The van der Waals surface area contributed by atoms with Crippen LogP contribution in [0.15, 0.2) is 54.1 Å². The van der Waals surface area contributed by atoms with Gasteiger partial charge in [0.15, 0.2) is 0 Å². The molecule has 3 aromatic rings. The summed E-state index contributed by atoms with van der Waals surface area (Å²) in [4.78, 5) is 17.6. The van der Waals surface area contributed by atoms with E-state index in [1.54, 1.807) is 11.3 Å². The van der Waals surface area contributed by atoms with Crippen LogP contribution in [0.3, 0.4) is 0 Å². The highest BCUT2D eigenvalue weighted by molar-refractivity contribution is 7.16. The molecule has 6 nitrogen and oxygen atoms in total. The maximum absolute atomic E-state index is 13.1. The fourth-order valence-corrected chi connectivity index (χ4v) is 5.94. The van der Waals surface area contributed by atoms with Crippen LogP contribution >= 0.6 is 11.3 Å². The normalized spacial score (nSPS) is 15.3. The summed E-state index contributed by atoms with van der Waals surface area (Å²) in [6.07, 6.45) is 1.83. The molecule has 1 fully saturated rings. The molecule has 0 atom stereocenters. The number of hydrogen-bond donors (Lipinski definition) is 2. The first-order valence-corrected chi connectivity index (χ1v) is 15.4. The second-order valence-corrected chi connectivity index (χ2v) is 13.9. The minimum absolute atomic E-state index is 0.175. The van der Waals surface area contributed by atoms with Crippen molar-refractivity contribution in [2.75, 3.05) is 44.7 Å². The molecule has 0 unspecified atom stereocenters. The Labute approximate surface area is 249 Å². The number of nitrogens with one attached hydrogen (secondary N) is 2. The molecule has 1 amide bonds. The molecule has 2 N–H and O–H groups in total. The molecule has 1 aromatic heterocycles. The molecule has 0 saturated carbocycles. The molecule has 218 valence electrons. The predicted octanol–water partition coefficient (Wildman–Crippen LogP) is 7.33. The summed E-state index contributed by atoms with van der Waals surface area (Å²) >= 11 is 1.61. The van der Waals surface area contributed by atoms with E-state index < -0.39 is 5.54 Å². The smallest absolute Gasteiger partial charge is 0.262 e. The molecule has 0 radical (unpaired) electrons. The van der Waals surface area contributed by atoms with Crippen molar-refractivity contribution in [3.05, 3.63) is 59.0 Å². The predicted molar refractivity (Wildman–Crippen MR) is 172 cm³/mol. The highest BCUT2D eigenvalue weighted by Gasteiger charge is 2.26. The number of allylic oxidation sites excluding steroid dienone is 1. The lowest BCUT2D eigenvalue weighted by Crippen LogP contribution is -2.44. The van der Waals surface area contributed by atoms with Crippen LogP contribution in [-0.2, 0) is 9.53 Å². The van der Waals surface area contributed by atoms with Crippen molar-refractivity contribution >= 4 is 39.3 Å². The maximum atomic E-state index is 13.1. The molecule has 1 saturated heterocycles. The van der Waals surface area contributed by atoms with Crippen molar-refractivity contribution in [1.29, 1.82) is 5.26 Å². The summed E-state index contributed by atoms with van der Waals surface area (Å²) in [5.74, 6) is -0.307. The Hall–Kier alpha value is -3.18. The van der Waals surface area contributed by atoms with E-state index in [-0.39, 0.29) is 16.9 Å². The SMILES string of the molecule is C/C(=C(/C#N)C(=O)NC(C)(C)CCC(C)(C)C)c1ccc(-c2ccc3cc(NCCN4CCOCC4)ccc3c2)s1. The summed E-state index contributed by atoms with van der Waals surface area (Å²) in [6, 6.07) is 19.3. The second-order valence-electron chi connectivity index (χ2n) is 12.8. The van der Waals surface area contributed by atoms with E-state index in [4.69, 9.17) is 4.74 Å². The average Bonchev–Trinajstić information content (AvgIpc) is 3.43. The Morgan fingerprint density at radius 3 is 2.41 bits per heavy atom. The lowest BCUT2D eigenvalue weighted by molar-refractivity contribution is -0.118. The van der Waals surface area contributed by atoms with Crippen LogP contribution in [-0.4, -0.2) is 55.7 Å². The quantitative estimate of drug-likeness (QED) is 0.196. The fraction of sp³-hybridized carbons (Fsp3) is 0.471. The van der Waals surface area contributed by atoms with Crippen molar-refractivity contribution in [3.8, 4) is 16.5 Å². The largest absolute Gasteiger partial charge is 0.384 e. The van der Waals surface area contributed by atoms with Crippen LogP contribution in [0.5, 0.6) is 0 Å². The van der Waals surface area contributed by atoms with Crippen LogP contribution in [0.4, 0.5) is 5.69 Å². The summed E-state index contributed by atoms with van der Waals surface area (Å²) in [5, 5.41) is 18.9.